The number of hydrogen-bond donors (Lipinski definition) is 1. The summed E-state index contributed by atoms with van der Waals surface area (Å²) in [4.78, 5) is 15.1. The van der Waals surface area contributed by atoms with Crippen molar-refractivity contribution < 1.29 is 14.3 Å². The molecule has 1 saturated heterocycles. The van der Waals surface area contributed by atoms with Crippen molar-refractivity contribution in [1.29, 1.82) is 0 Å². The summed E-state index contributed by atoms with van der Waals surface area (Å²) < 4.78 is 11.6. The summed E-state index contributed by atoms with van der Waals surface area (Å²) >= 11 is 0. The molecule has 0 bridgehead atoms. The van der Waals surface area contributed by atoms with Crippen molar-refractivity contribution in [2.45, 2.75) is 59.0 Å². The molecule has 1 aromatic rings. The molecule has 1 N–H and O–H groups in total. The fourth-order valence-electron chi connectivity index (χ4n) is 3.73. The van der Waals surface area contributed by atoms with Gasteiger partial charge in [0.2, 0.25) is 0 Å². The van der Waals surface area contributed by atoms with E-state index in [-0.39, 0.29) is 5.91 Å². The maximum Gasteiger partial charge on any atom is 0.256 e. The number of carbonyl (C=O) groups is 1. The van der Waals surface area contributed by atoms with E-state index in [2.05, 4.69) is 24.1 Å². The Kier molecular flexibility index (Phi) is 8.58. The summed E-state index contributed by atoms with van der Waals surface area (Å²) in [7, 11) is 0. The van der Waals surface area contributed by atoms with Gasteiger partial charge in [-0.1, -0.05) is 20.3 Å². The normalized spacial score (nSPS) is 20.1. The lowest BCUT2D eigenvalue weighted by Crippen LogP contribution is -2.42. The lowest BCUT2D eigenvalue weighted by Gasteiger charge is -2.30. The topological polar surface area (TPSA) is 50.8 Å². The molecule has 0 spiro atoms. The largest absolute Gasteiger partial charge is 0.492 e. The minimum atomic E-state index is -0.787. The molecule has 27 heavy (non-hydrogen) atoms. The molecule has 5 nitrogen and oxygen atoms in total. The Hall–Kier alpha value is -1.59. The molecule has 0 unspecified atom stereocenters. The van der Waals surface area contributed by atoms with Gasteiger partial charge >= 0.3 is 0 Å². The molecule has 1 aliphatic rings. The van der Waals surface area contributed by atoms with Crippen molar-refractivity contribution in [3.05, 3.63) is 24.3 Å². The van der Waals surface area contributed by atoms with Crippen molar-refractivity contribution in [2.75, 3.05) is 38.2 Å². The summed E-state index contributed by atoms with van der Waals surface area (Å²) in [6.07, 6.45) is 4.22. The van der Waals surface area contributed by atoms with Crippen LogP contribution in [0.15, 0.2) is 24.3 Å². The third kappa shape index (κ3) is 6.82. The van der Waals surface area contributed by atoms with E-state index in [0.29, 0.717) is 19.6 Å². The number of benzene rings is 1. The molecule has 5 heteroatoms. The minimum Gasteiger partial charge on any atom is -0.492 e. The predicted octanol–water partition coefficient (Wildman–Crippen LogP) is 4.33. The first-order valence-corrected chi connectivity index (χ1v) is 10.4. The second-order valence-electron chi connectivity index (χ2n) is 7.79. The fourth-order valence-corrected chi connectivity index (χ4v) is 3.73. The number of piperidine rings is 1. The van der Waals surface area contributed by atoms with Crippen LogP contribution in [0.2, 0.25) is 0 Å². The van der Waals surface area contributed by atoms with E-state index in [9.17, 15) is 4.79 Å². The Balaban J connectivity index is 1.81. The highest BCUT2D eigenvalue weighted by Gasteiger charge is 2.32. The van der Waals surface area contributed by atoms with Gasteiger partial charge in [-0.3, -0.25) is 9.69 Å². The molecule has 1 aliphatic heterocycles. The summed E-state index contributed by atoms with van der Waals surface area (Å²) in [5.74, 6) is 1.52. The van der Waals surface area contributed by atoms with Gasteiger partial charge in [0.25, 0.3) is 5.91 Å². The van der Waals surface area contributed by atoms with Crippen LogP contribution in [-0.4, -0.2) is 49.3 Å². The van der Waals surface area contributed by atoms with Crippen LogP contribution in [0.1, 0.15) is 53.4 Å². The number of hydrogen-bond acceptors (Lipinski definition) is 4. The first-order valence-electron chi connectivity index (χ1n) is 10.4. The molecular formula is C22H36N2O3. The Bertz CT molecular complexity index is 567. The monoisotopic (exact) mass is 376 g/mol. The lowest BCUT2D eigenvalue weighted by atomic mass is 9.99. The van der Waals surface area contributed by atoms with Gasteiger partial charge in [-0.2, -0.15) is 0 Å². The molecule has 0 aliphatic carbocycles. The number of likely N-dealkylation sites (tertiary alicyclic amines) is 1. The smallest absolute Gasteiger partial charge is 0.256 e. The number of rotatable bonds is 10. The molecule has 2 rings (SSSR count). The van der Waals surface area contributed by atoms with Crippen LogP contribution in [0.3, 0.4) is 0 Å². The van der Waals surface area contributed by atoms with Gasteiger partial charge in [-0.25, -0.2) is 0 Å². The van der Waals surface area contributed by atoms with Gasteiger partial charge in [0, 0.05) is 25.4 Å². The van der Waals surface area contributed by atoms with Crippen LogP contribution in [0, 0.1) is 5.92 Å². The highest BCUT2D eigenvalue weighted by atomic mass is 16.5. The summed E-state index contributed by atoms with van der Waals surface area (Å²) in [5, 5.41) is 2.96. The highest BCUT2D eigenvalue weighted by molar-refractivity contribution is 5.97. The van der Waals surface area contributed by atoms with Crippen LogP contribution in [0.5, 0.6) is 5.75 Å². The Morgan fingerprint density at radius 1 is 1.30 bits per heavy atom. The first-order chi connectivity index (χ1) is 13.0. The van der Waals surface area contributed by atoms with E-state index in [1.807, 2.05) is 38.1 Å². The predicted molar refractivity (Wildman–Crippen MR) is 110 cm³/mol. The van der Waals surface area contributed by atoms with Crippen LogP contribution in [-0.2, 0) is 9.53 Å². The molecule has 152 valence electrons. The Morgan fingerprint density at radius 3 is 2.67 bits per heavy atom. The molecule has 0 saturated carbocycles. The lowest BCUT2D eigenvalue weighted by molar-refractivity contribution is -0.139. The van der Waals surface area contributed by atoms with Gasteiger partial charge in [0.05, 0.1) is 0 Å². The van der Waals surface area contributed by atoms with E-state index in [1.54, 1.807) is 0 Å². The van der Waals surface area contributed by atoms with E-state index in [0.717, 1.165) is 30.3 Å². The number of nitrogens with one attached hydrogen (secondary N) is 1. The summed E-state index contributed by atoms with van der Waals surface area (Å²) in [5.41, 5.74) is -0.0243. The zero-order valence-corrected chi connectivity index (χ0v) is 17.4. The van der Waals surface area contributed by atoms with Crippen molar-refractivity contribution in [3.8, 4) is 5.75 Å². The fraction of sp³-hybridized carbons (Fsp3) is 0.682. The zero-order valence-electron chi connectivity index (χ0n) is 17.4. The zero-order chi connectivity index (χ0) is 19.7. The maximum atomic E-state index is 12.6. The average molecular weight is 377 g/mol. The van der Waals surface area contributed by atoms with Crippen molar-refractivity contribution in [2.24, 2.45) is 5.92 Å². The SMILES string of the molecule is CCC[C@@](C)(OCC)C(=O)Nc1ccc(OCCN2CCC[C@H](C)C2)cc1. The third-order valence-corrected chi connectivity index (χ3v) is 5.20. The van der Waals surface area contributed by atoms with Crippen LogP contribution in [0.25, 0.3) is 0 Å². The van der Waals surface area contributed by atoms with Gasteiger partial charge in [0.15, 0.2) is 0 Å². The first kappa shape index (κ1) is 21.7. The number of nitrogens with zero attached hydrogens (tertiary/aromatic N) is 1. The molecule has 0 radical (unpaired) electrons. The van der Waals surface area contributed by atoms with Crippen molar-refractivity contribution in [1.82, 2.24) is 4.90 Å². The molecular weight excluding hydrogens is 340 g/mol. The van der Waals surface area contributed by atoms with Crippen molar-refractivity contribution in [3.63, 3.8) is 0 Å². The van der Waals surface area contributed by atoms with E-state index in [4.69, 9.17) is 9.47 Å². The number of carbonyl (C=O) groups excluding carboxylic acids is 1. The number of ether oxygens (including phenoxy) is 2. The number of amides is 1. The van der Waals surface area contributed by atoms with Crippen molar-refractivity contribution >= 4 is 11.6 Å². The van der Waals surface area contributed by atoms with Gasteiger partial charge in [0.1, 0.15) is 18.0 Å². The standard InChI is InChI=1S/C22H36N2O3/c1-5-13-22(4,27-6-2)21(25)23-19-9-11-20(12-10-19)26-16-15-24-14-7-8-18(3)17-24/h9-12,18H,5-8,13-17H2,1-4H3,(H,23,25)/t18-,22+/m0/s1. The van der Waals surface area contributed by atoms with Crippen LogP contribution < -0.4 is 10.1 Å². The van der Waals surface area contributed by atoms with Crippen LogP contribution >= 0.6 is 0 Å². The Morgan fingerprint density at radius 2 is 2.04 bits per heavy atom. The third-order valence-electron chi connectivity index (χ3n) is 5.20. The van der Waals surface area contributed by atoms with Gasteiger partial charge < -0.3 is 14.8 Å². The average Bonchev–Trinajstić information content (AvgIpc) is 2.63. The maximum absolute atomic E-state index is 12.6. The van der Waals surface area contributed by atoms with E-state index < -0.39 is 5.60 Å². The summed E-state index contributed by atoms with van der Waals surface area (Å²) in [6.45, 7) is 12.7. The molecule has 0 aromatic heterocycles. The van der Waals surface area contributed by atoms with Crippen LogP contribution in [0.4, 0.5) is 5.69 Å². The Labute approximate surface area is 164 Å². The molecule has 1 fully saturated rings. The van der Waals surface area contributed by atoms with E-state index >= 15 is 0 Å². The highest BCUT2D eigenvalue weighted by Crippen LogP contribution is 2.22. The van der Waals surface area contributed by atoms with Gasteiger partial charge in [-0.05, 0) is 69.8 Å². The number of anilines is 1. The second kappa shape index (κ2) is 10.7. The van der Waals surface area contributed by atoms with E-state index in [1.165, 1.54) is 25.9 Å². The van der Waals surface area contributed by atoms with Gasteiger partial charge in [-0.15, -0.1) is 0 Å². The second-order valence-corrected chi connectivity index (χ2v) is 7.79. The minimum absolute atomic E-state index is 0.0981. The summed E-state index contributed by atoms with van der Waals surface area (Å²) in [6, 6.07) is 7.58. The molecule has 2 atom stereocenters. The molecule has 1 aromatic carbocycles. The molecule has 1 amide bonds. The molecule has 1 heterocycles. The quantitative estimate of drug-likeness (QED) is 0.660.